The Morgan fingerprint density at radius 1 is 1.00 bits per heavy atom. The van der Waals surface area contributed by atoms with Gasteiger partial charge in [0.2, 0.25) is 0 Å². The molecule has 0 amide bonds. The SMILES string of the molecule is CC1=C[C@@H]2C=c3ccccc3=C2C=C1. The molecule has 3 rings (SSSR count). The highest BCUT2D eigenvalue weighted by atomic mass is 14.2. The Morgan fingerprint density at radius 3 is 2.79 bits per heavy atom. The van der Waals surface area contributed by atoms with E-state index in [1.807, 2.05) is 0 Å². The van der Waals surface area contributed by atoms with E-state index >= 15 is 0 Å². The molecule has 0 aromatic heterocycles. The van der Waals surface area contributed by atoms with Crippen LogP contribution in [0.25, 0.3) is 11.6 Å². The number of hydrogen-bond donors (Lipinski definition) is 0. The van der Waals surface area contributed by atoms with Gasteiger partial charge in [-0.3, -0.25) is 0 Å². The van der Waals surface area contributed by atoms with Gasteiger partial charge in [-0.05, 0) is 22.9 Å². The van der Waals surface area contributed by atoms with E-state index in [0.717, 1.165) is 0 Å². The third kappa shape index (κ3) is 1.00. The average Bonchev–Trinajstić information content (AvgIpc) is 2.54. The number of fused-ring (bicyclic) bond motifs is 2. The van der Waals surface area contributed by atoms with Crippen molar-refractivity contribution in [3.05, 3.63) is 58.5 Å². The molecule has 14 heavy (non-hydrogen) atoms. The zero-order valence-electron chi connectivity index (χ0n) is 8.20. The highest BCUT2D eigenvalue weighted by Crippen LogP contribution is 2.25. The molecule has 0 bridgehead atoms. The van der Waals surface area contributed by atoms with E-state index in [1.165, 1.54) is 21.6 Å². The molecule has 0 spiro atoms. The minimum Gasteiger partial charge on any atom is -0.0702 e. The lowest BCUT2D eigenvalue weighted by atomic mass is 9.93. The lowest BCUT2D eigenvalue weighted by molar-refractivity contribution is 1.14. The normalized spacial score (nSPS) is 22.5. The Kier molecular flexibility index (Phi) is 1.51. The maximum Gasteiger partial charge on any atom is 0.0219 e. The van der Waals surface area contributed by atoms with E-state index in [9.17, 15) is 0 Å². The molecule has 1 aromatic carbocycles. The molecule has 0 N–H and O–H groups in total. The fraction of sp³-hybridized carbons (Fsp3) is 0.143. The highest BCUT2D eigenvalue weighted by Gasteiger charge is 2.15. The van der Waals surface area contributed by atoms with Crippen LogP contribution in [-0.4, -0.2) is 0 Å². The molecule has 0 radical (unpaired) electrons. The quantitative estimate of drug-likeness (QED) is 0.570. The summed E-state index contributed by atoms with van der Waals surface area (Å²) in [6, 6.07) is 8.62. The van der Waals surface area contributed by atoms with Gasteiger partial charge < -0.3 is 0 Å². The van der Waals surface area contributed by atoms with Gasteiger partial charge in [-0.2, -0.15) is 0 Å². The van der Waals surface area contributed by atoms with Crippen LogP contribution in [0.15, 0.2) is 48.1 Å². The van der Waals surface area contributed by atoms with Crippen LogP contribution in [0.5, 0.6) is 0 Å². The minimum atomic E-state index is 0.511. The molecule has 2 aliphatic carbocycles. The number of rotatable bonds is 0. The second-order valence-corrected chi connectivity index (χ2v) is 3.98. The molecule has 2 aliphatic rings. The monoisotopic (exact) mass is 180 g/mol. The fourth-order valence-electron chi connectivity index (χ4n) is 2.27. The van der Waals surface area contributed by atoms with Crippen molar-refractivity contribution in [2.24, 2.45) is 5.92 Å². The summed E-state index contributed by atoms with van der Waals surface area (Å²) in [4.78, 5) is 0. The summed E-state index contributed by atoms with van der Waals surface area (Å²) in [5, 5.41) is 2.78. The number of benzene rings is 1. The summed E-state index contributed by atoms with van der Waals surface area (Å²) < 4.78 is 0. The zero-order valence-corrected chi connectivity index (χ0v) is 8.20. The van der Waals surface area contributed by atoms with Crippen molar-refractivity contribution in [2.45, 2.75) is 6.92 Å². The molecule has 68 valence electrons. The van der Waals surface area contributed by atoms with E-state index in [4.69, 9.17) is 0 Å². The molecule has 1 aromatic rings. The summed E-state index contributed by atoms with van der Waals surface area (Å²) in [5.41, 5.74) is 2.81. The van der Waals surface area contributed by atoms with E-state index in [-0.39, 0.29) is 0 Å². The molecular weight excluding hydrogens is 168 g/mol. The van der Waals surface area contributed by atoms with Gasteiger partial charge in [-0.25, -0.2) is 0 Å². The van der Waals surface area contributed by atoms with Crippen molar-refractivity contribution in [1.82, 2.24) is 0 Å². The molecule has 0 heteroatoms. The van der Waals surface area contributed by atoms with Crippen LogP contribution in [-0.2, 0) is 0 Å². The van der Waals surface area contributed by atoms with Crippen LogP contribution in [0.4, 0.5) is 0 Å². The second kappa shape index (κ2) is 2.71. The molecule has 0 unspecified atom stereocenters. The van der Waals surface area contributed by atoms with Crippen LogP contribution < -0.4 is 10.4 Å². The first-order chi connectivity index (χ1) is 6.84. The predicted molar refractivity (Wildman–Crippen MR) is 60.0 cm³/mol. The summed E-state index contributed by atoms with van der Waals surface area (Å²) in [5.74, 6) is 0.511. The van der Waals surface area contributed by atoms with Crippen LogP contribution in [0, 0.1) is 5.92 Å². The van der Waals surface area contributed by atoms with Crippen molar-refractivity contribution >= 4 is 11.6 Å². The average molecular weight is 180 g/mol. The first-order valence-electron chi connectivity index (χ1n) is 5.02. The Labute approximate surface area is 83.6 Å². The van der Waals surface area contributed by atoms with E-state index in [1.54, 1.807) is 0 Å². The van der Waals surface area contributed by atoms with Gasteiger partial charge in [0.05, 0.1) is 0 Å². The van der Waals surface area contributed by atoms with Gasteiger partial charge in [0, 0.05) is 5.92 Å². The molecule has 0 aliphatic heterocycles. The number of hydrogen-bond acceptors (Lipinski definition) is 0. The minimum absolute atomic E-state index is 0.511. The summed E-state index contributed by atoms with van der Waals surface area (Å²) in [7, 11) is 0. The molecule has 0 saturated heterocycles. The standard InChI is InChI=1S/C14H12/c1-10-6-7-14-12(8-10)9-11-4-2-3-5-13(11)14/h2-9,12H,1H3/t12-/m1/s1. The molecule has 0 saturated carbocycles. The molecule has 0 heterocycles. The molecular formula is C14H12. The second-order valence-electron chi connectivity index (χ2n) is 3.98. The Balaban J connectivity index is 2.36. The van der Waals surface area contributed by atoms with Crippen molar-refractivity contribution in [2.75, 3.05) is 0 Å². The summed E-state index contributed by atoms with van der Waals surface area (Å²) in [6.07, 6.45) is 9.12. The topological polar surface area (TPSA) is 0 Å². The third-order valence-electron chi connectivity index (χ3n) is 2.96. The molecule has 0 fully saturated rings. The van der Waals surface area contributed by atoms with Gasteiger partial charge >= 0.3 is 0 Å². The maximum absolute atomic E-state index is 2.34. The van der Waals surface area contributed by atoms with Crippen LogP contribution in [0.1, 0.15) is 6.92 Å². The van der Waals surface area contributed by atoms with Gasteiger partial charge in [0.15, 0.2) is 0 Å². The van der Waals surface area contributed by atoms with Gasteiger partial charge in [0.1, 0.15) is 0 Å². The lowest BCUT2D eigenvalue weighted by Gasteiger charge is -2.11. The van der Waals surface area contributed by atoms with Crippen LogP contribution in [0.3, 0.4) is 0 Å². The summed E-state index contributed by atoms with van der Waals surface area (Å²) in [6.45, 7) is 2.16. The van der Waals surface area contributed by atoms with Crippen molar-refractivity contribution in [1.29, 1.82) is 0 Å². The largest absolute Gasteiger partial charge is 0.0702 e. The first-order valence-corrected chi connectivity index (χ1v) is 5.02. The van der Waals surface area contributed by atoms with Crippen molar-refractivity contribution in [3.63, 3.8) is 0 Å². The highest BCUT2D eigenvalue weighted by molar-refractivity contribution is 5.74. The van der Waals surface area contributed by atoms with Crippen LogP contribution in [0.2, 0.25) is 0 Å². The first kappa shape index (κ1) is 7.81. The van der Waals surface area contributed by atoms with Gasteiger partial charge in [0.25, 0.3) is 0 Å². The zero-order chi connectivity index (χ0) is 9.54. The molecule has 0 nitrogen and oxygen atoms in total. The van der Waals surface area contributed by atoms with E-state index in [2.05, 4.69) is 55.5 Å². The fourth-order valence-corrected chi connectivity index (χ4v) is 2.27. The lowest BCUT2D eigenvalue weighted by Crippen LogP contribution is -2.21. The Morgan fingerprint density at radius 2 is 1.86 bits per heavy atom. The van der Waals surface area contributed by atoms with Crippen LogP contribution >= 0.6 is 0 Å². The molecule has 1 atom stereocenters. The van der Waals surface area contributed by atoms with Gasteiger partial charge in [-0.15, -0.1) is 0 Å². The Hall–Kier alpha value is -1.56. The van der Waals surface area contributed by atoms with Crippen molar-refractivity contribution in [3.8, 4) is 0 Å². The Bertz CT molecular complexity index is 556. The van der Waals surface area contributed by atoms with Gasteiger partial charge in [-0.1, -0.05) is 54.1 Å². The number of allylic oxidation sites excluding steroid dienone is 4. The third-order valence-corrected chi connectivity index (χ3v) is 2.96. The van der Waals surface area contributed by atoms with E-state index < -0.39 is 0 Å². The maximum atomic E-state index is 2.34. The van der Waals surface area contributed by atoms with E-state index in [0.29, 0.717) is 5.92 Å². The summed E-state index contributed by atoms with van der Waals surface area (Å²) >= 11 is 0. The predicted octanol–water partition coefficient (Wildman–Crippen LogP) is 1.76. The van der Waals surface area contributed by atoms with Crippen molar-refractivity contribution < 1.29 is 0 Å². The smallest absolute Gasteiger partial charge is 0.0219 e.